The van der Waals surface area contributed by atoms with Gasteiger partial charge in [-0.15, -0.1) is 11.6 Å². The average molecular weight is 222 g/mol. The summed E-state index contributed by atoms with van der Waals surface area (Å²) in [5, 5.41) is 0. The van der Waals surface area contributed by atoms with Crippen LogP contribution in [0.25, 0.3) is 0 Å². The summed E-state index contributed by atoms with van der Waals surface area (Å²) in [6, 6.07) is 0.848. The minimum atomic E-state index is 0.822. The lowest BCUT2D eigenvalue weighted by Gasteiger charge is -2.23. The highest BCUT2D eigenvalue weighted by Crippen LogP contribution is 2.21. The van der Waals surface area contributed by atoms with Crippen LogP contribution in [0, 0.1) is 0 Å². The molecule has 1 aliphatic heterocycles. The van der Waals surface area contributed by atoms with E-state index >= 15 is 0 Å². The van der Waals surface area contributed by atoms with Gasteiger partial charge >= 0.3 is 0 Å². The second kappa shape index (κ2) is 6.97. The van der Waals surface area contributed by atoms with Crippen LogP contribution in [0.15, 0.2) is 0 Å². The van der Waals surface area contributed by atoms with Crippen LogP contribution in [0.4, 0.5) is 0 Å². The molecular weight excluding hydrogens is 202 g/mol. The molecule has 0 radical (unpaired) electrons. The predicted octanol–water partition coefficient (Wildman–Crippen LogP) is 2.83. The highest BCUT2D eigenvalue weighted by molar-refractivity contribution is 7.99. The zero-order valence-electron chi connectivity index (χ0n) is 8.47. The normalized spacial score (nSPS) is 22.8. The van der Waals surface area contributed by atoms with E-state index < -0.39 is 0 Å². The first-order valence-corrected chi connectivity index (χ1v) is 6.87. The minimum absolute atomic E-state index is 0.822. The number of nitrogens with zero attached hydrogens (tertiary/aromatic N) is 1. The molecule has 0 aromatic heterocycles. The Morgan fingerprint density at radius 2 is 2.23 bits per heavy atom. The van der Waals surface area contributed by atoms with Gasteiger partial charge in [0, 0.05) is 17.7 Å². The second-order valence-electron chi connectivity index (χ2n) is 3.75. The quantitative estimate of drug-likeness (QED) is 0.501. The lowest BCUT2D eigenvalue weighted by Crippen LogP contribution is -2.32. The lowest BCUT2D eigenvalue weighted by atomic mass is 10.2. The number of rotatable bonds is 6. The summed E-state index contributed by atoms with van der Waals surface area (Å²) in [5.41, 5.74) is 0. The maximum atomic E-state index is 5.63. The summed E-state index contributed by atoms with van der Waals surface area (Å²) in [4.78, 5) is 2.52. The molecule has 1 saturated heterocycles. The molecule has 1 unspecified atom stereocenters. The summed E-state index contributed by atoms with van der Waals surface area (Å²) >= 11 is 7.72. The van der Waals surface area contributed by atoms with Crippen LogP contribution in [-0.4, -0.2) is 41.9 Å². The van der Waals surface area contributed by atoms with Crippen molar-refractivity contribution in [1.82, 2.24) is 4.90 Å². The molecule has 78 valence electrons. The Hall–Kier alpha value is 0.600. The van der Waals surface area contributed by atoms with Crippen molar-refractivity contribution in [3.8, 4) is 0 Å². The lowest BCUT2D eigenvalue weighted by molar-refractivity contribution is 0.257. The third-order valence-electron chi connectivity index (χ3n) is 2.67. The van der Waals surface area contributed by atoms with Gasteiger partial charge in [0.25, 0.3) is 0 Å². The fourth-order valence-electron chi connectivity index (χ4n) is 1.68. The summed E-state index contributed by atoms with van der Waals surface area (Å²) in [6.07, 6.45) is 5.16. The summed E-state index contributed by atoms with van der Waals surface area (Å²) in [7, 11) is 2.26. The van der Waals surface area contributed by atoms with Crippen LogP contribution in [0.2, 0.25) is 0 Å². The Labute approximate surface area is 91.2 Å². The van der Waals surface area contributed by atoms with Crippen LogP contribution in [-0.2, 0) is 0 Å². The van der Waals surface area contributed by atoms with Crippen molar-refractivity contribution in [3.05, 3.63) is 0 Å². The summed E-state index contributed by atoms with van der Waals surface area (Å²) in [5.74, 6) is 3.52. The Kier molecular flexibility index (Phi) is 6.26. The van der Waals surface area contributed by atoms with Crippen LogP contribution in [0.3, 0.4) is 0 Å². The summed E-state index contributed by atoms with van der Waals surface area (Å²) < 4.78 is 0. The van der Waals surface area contributed by atoms with Crippen molar-refractivity contribution in [3.63, 3.8) is 0 Å². The smallest absolute Gasteiger partial charge is 0.0223 e. The van der Waals surface area contributed by atoms with Gasteiger partial charge in [-0.3, -0.25) is 0 Å². The topological polar surface area (TPSA) is 3.24 Å². The number of halogens is 1. The van der Waals surface area contributed by atoms with Crippen molar-refractivity contribution >= 4 is 23.4 Å². The molecule has 1 atom stereocenters. The van der Waals surface area contributed by atoms with Crippen LogP contribution in [0.1, 0.15) is 25.7 Å². The molecule has 1 fully saturated rings. The Balaban J connectivity index is 1.99. The van der Waals surface area contributed by atoms with E-state index in [-0.39, 0.29) is 0 Å². The fraction of sp³-hybridized carbons (Fsp3) is 1.00. The molecule has 3 heteroatoms. The molecule has 1 rings (SSSR count). The van der Waals surface area contributed by atoms with E-state index in [0.717, 1.165) is 11.9 Å². The fourth-order valence-corrected chi connectivity index (χ4v) is 3.17. The zero-order chi connectivity index (χ0) is 9.52. The van der Waals surface area contributed by atoms with Gasteiger partial charge < -0.3 is 4.90 Å². The Morgan fingerprint density at radius 3 is 2.85 bits per heavy atom. The molecule has 0 aromatic carbocycles. The predicted molar refractivity (Wildman–Crippen MR) is 62.9 cm³/mol. The van der Waals surface area contributed by atoms with Gasteiger partial charge in [-0.1, -0.05) is 6.42 Å². The molecule has 0 N–H and O–H groups in total. The van der Waals surface area contributed by atoms with Crippen LogP contribution in [0.5, 0.6) is 0 Å². The molecule has 0 amide bonds. The Morgan fingerprint density at radius 1 is 1.38 bits per heavy atom. The number of hydrogen-bond acceptors (Lipinski definition) is 2. The SMILES string of the molecule is CN(CCCCCCl)C1CCSC1. The van der Waals surface area contributed by atoms with Gasteiger partial charge in [0.05, 0.1) is 0 Å². The number of unbranched alkanes of at least 4 members (excludes halogenated alkanes) is 2. The molecule has 13 heavy (non-hydrogen) atoms. The minimum Gasteiger partial charge on any atom is -0.303 e. The maximum absolute atomic E-state index is 5.63. The third kappa shape index (κ3) is 4.57. The molecular formula is C10H20ClNS. The van der Waals surface area contributed by atoms with Crippen LogP contribution >= 0.6 is 23.4 Å². The number of hydrogen-bond donors (Lipinski definition) is 0. The molecule has 0 aliphatic carbocycles. The molecule has 1 nitrogen and oxygen atoms in total. The van der Waals surface area contributed by atoms with E-state index in [9.17, 15) is 0 Å². The van der Waals surface area contributed by atoms with E-state index in [2.05, 4.69) is 23.7 Å². The van der Waals surface area contributed by atoms with Gasteiger partial charge in [-0.25, -0.2) is 0 Å². The standard InChI is InChI=1S/C10H20ClNS/c1-12(7-4-2-3-6-11)10-5-8-13-9-10/h10H,2-9H2,1H3. The van der Waals surface area contributed by atoms with Crippen molar-refractivity contribution in [1.29, 1.82) is 0 Å². The first-order chi connectivity index (χ1) is 6.34. The molecule has 0 spiro atoms. The molecule has 1 aliphatic rings. The molecule has 0 aromatic rings. The van der Waals surface area contributed by atoms with Crippen molar-refractivity contribution in [2.24, 2.45) is 0 Å². The zero-order valence-corrected chi connectivity index (χ0v) is 10.0. The van der Waals surface area contributed by atoms with Crippen molar-refractivity contribution in [2.45, 2.75) is 31.7 Å². The van der Waals surface area contributed by atoms with E-state index in [1.165, 1.54) is 43.7 Å². The monoisotopic (exact) mass is 221 g/mol. The van der Waals surface area contributed by atoms with Gasteiger partial charge in [0.2, 0.25) is 0 Å². The van der Waals surface area contributed by atoms with Crippen molar-refractivity contribution in [2.75, 3.05) is 31.0 Å². The van der Waals surface area contributed by atoms with E-state index in [1.807, 2.05) is 0 Å². The average Bonchev–Trinajstić information content (AvgIpc) is 2.65. The number of thioether (sulfide) groups is 1. The van der Waals surface area contributed by atoms with Crippen molar-refractivity contribution < 1.29 is 0 Å². The highest BCUT2D eigenvalue weighted by atomic mass is 35.5. The Bertz CT molecular complexity index is 126. The van der Waals surface area contributed by atoms with E-state index in [1.54, 1.807) is 0 Å². The van der Waals surface area contributed by atoms with E-state index in [0.29, 0.717) is 0 Å². The second-order valence-corrected chi connectivity index (χ2v) is 5.28. The van der Waals surface area contributed by atoms with Gasteiger partial charge in [-0.05, 0) is 38.6 Å². The first-order valence-electron chi connectivity index (χ1n) is 5.18. The van der Waals surface area contributed by atoms with Gasteiger partial charge in [0.15, 0.2) is 0 Å². The molecule has 0 saturated carbocycles. The third-order valence-corrected chi connectivity index (χ3v) is 4.09. The summed E-state index contributed by atoms with van der Waals surface area (Å²) in [6.45, 7) is 1.25. The number of alkyl halides is 1. The largest absolute Gasteiger partial charge is 0.303 e. The molecule has 1 heterocycles. The van der Waals surface area contributed by atoms with Crippen LogP contribution < -0.4 is 0 Å². The highest BCUT2D eigenvalue weighted by Gasteiger charge is 2.18. The molecule has 0 bridgehead atoms. The van der Waals surface area contributed by atoms with Gasteiger partial charge in [0.1, 0.15) is 0 Å². The first kappa shape index (κ1) is 11.7. The van der Waals surface area contributed by atoms with Gasteiger partial charge in [-0.2, -0.15) is 11.8 Å². The van der Waals surface area contributed by atoms with E-state index in [4.69, 9.17) is 11.6 Å². The maximum Gasteiger partial charge on any atom is 0.0223 e.